The van der Waals surface area contributed by atoms with E-state index in [-0.39, 0.29) is 5.92 Å². The summed E-state index contributed by atoms with van der Waals surface area (Å²) in [5.74, 6) is 0.438. The SMILES string of the molecule is C=C(C)CC1Cc2ccccc2C1=O. The molecule has 0 aliphatic heterocycles. The molecule has 1 aromatic rings. The standard InChI is InChI=1S/C13H14O/c1-9(2)7-11-8-10-5-3-4-6-12(10)13(11)14/h3-6,11H,1,7-8H2,2H3. The maximum Gasteiger partial charge on any atom is 0.166 e. The first-order valence-corrected chi connectivity index (χ1v) is 4.95. The highest BCUT2D eigenvalue weighted by Crippen LogP contribution is 2.29. The fourth-order valence-corrected chi connectivity index (χ4v) is 2.10. The molecule has 1 aliphatic carbocycles. The van der Waals surface area contributed by atoms with Crippen molar-refractivity contribution in [2.45, 2.75) is 19.8 Å². The summed E-state index contributed by atoms with van der Waals surface area (Å²) in [6.45, 7) is 5.85. The van der Waals surface area contributed by atoms with Crippen LogP contribution in [0.2, 0.25) is 0 Å². The van der Waals surface area contributed by atoms with Gasteiger partial charge in [-0.25, -0.2) is 0 Å². The molecular formula is C13H14O. The topological polar surface area (TPSA) is 17.1 Å². The molecule has 14 heavy (non-hydrogen) atoms. The van der Waals surface area contributed by atoms with Crippen LogP contribution in [0.3, 0.4) is 0 Å². The molecule has 0 N–H and O–H groups in total. The van der Waals surface area contributed by atoms with Gasteiger partial charge in [0.05, 0.1) is 0 Å². The van der Waals surface area contributed by atoms with Gasteiger partial charge in [-0.3, -0.25) is 4.79 Å². The van der Waals surface area contributed by atoms with Crippen molar-refractivity contribution in [2.24, 2.45) is 5.92 Å². The van der Waals surface area contributed by atoms with E-state index in [2.05, 4.69) is 6.58 Å². The number of fused-ring (bicyclic) bond motifs is 1. The van der Waals surface area contributed by atoms with Crippen LogP contribution in [0.15, 0.2) is 36.4 Å². The van der Waals surface area contributed by atoms with Gasteiger partial charge < -0.3 is 0 Å². The lowest BCUT2D eigenvalue weighted by Gasteiger charge is -2.05. The quantitative estimate of drug-likeness (QED) is 0.649. The molecule has 1 atom stereocenters. The third-order valence-electron chi connectivity index (χ3n) is 2.71. The summed E-state index contributed by atoms with van der Waals surface area (Å²) in [7, 11) is 0. The van der Waals surface area contributed by atoms with Crippen molar-refractivity contribution in [2.75, 3.05) is 0 Å². The second-order valence-corrected chi connectivity index (χ2v) is 4.08. The first-order valence-electron chi connectivity index (χ1n) is 4.95. The third-order valence-corrected chi connectivity index (χ3v) is 2.71. The van der Waals surface area contributed by atoms with Crippen LogP contribution in [0, 0.1) is 5.92 Å². The lowest BCUT2D eigenvalue weighted by atomic mass is 9.97. The van der Waals surface area contributed by atoms with Crippen molar-refractivity contribution >= 4 is 5.78 Å². The zero-order valence-electron chi connectivity index (χ0n) is 8.42. The number of benzene rings is 1. The van der Waals surface area contributed by atoms with Crippen molar-refractivity contribution < 1.29 is 4.79 Å². The molecule has 72 valence electrons. The number of Topliss-reactive ketones (excluding diaryl/α,β-unsaturated/α-hetero) is 1. The van der Waals surface area contributed by atoms with Crippen LogP contribution in [0.4, 0.5) is 0 Å². The third kappa shape index (κ3) is 1.50. The van der Waals surface area contributed by atoms with Crippen LogP contribution in [-0.2, 0) is 6.42 Å². The van der Waals surface area contributed by atoms with Crippen LogP contribution in [0.25, 0.3) is 0 Å². The molecule has 0 saturated carbocycles. The van der Waals surface area contributed by atoms with Crippen molar-refractivity contribution in [3.05, 3.63) is 47.5 Å². The zero-order chi connectivity index (χ0) is 10.1. The van der Waals surface area contributed by atoms with Gasteiger partial charge in [0.2, 0.25) is 0 Å². The fraction of sp³-hybridized carbons (Fsp3) is 0.308. The molecule has 0 amide bonds. The molecule has 1 aliphatic rings. The second-order valence-electron chi connectivity index (χ2n) is 4.08. The van der Waals surface area contributed by atoms with E-state index in [9.17, 15) is 4.79 Å². The van der Waals surface area contributed by atoms with E-state index in [0.717, 1.165) is 24.0 Å². The summed E-state index contributed by atoms with van der Waals surface area (Å²) in [5.41, 5.74) is 3.21. The zero-order valence-corrected chi connectivity index (χ0v) is 8.42. The summed E-state index contributed by atoms with van der Waals surface area (Å²) in [6.07, 6.45) is 1.72. The van der Waals surface area contributed by atoms with E-state index in [1.165, 1.54) is 5.56 Å². The van der Waals surface area contributed by atoms with Crippen LogP contribution in [0.5, 0.6) is 0 Å². The molecule has 0 saturated heterocycles. The Morgan fingerprint density at radius 1 is 1.50 bits per heavy atom. The number of ketones is 1. The highest BCUT2D eigenvalue weighted by molar-refractivity contribution is 6.02. The molecule has 0 heterocycles. The van der Waals surface area contributed by atoms with Gasteiger partial charge >= 0.3 is 0 Å². The van der Waals surface area contributed by atoms with E-state index in [0.29, 0.717) is 5.78 Å². The molecule has 0 fully saturated rings. The van der Waals surface area contributed by atoms with E-state index in [4.69, 9.17) is 0 Å². The summed E-state index contributed by atoms with van der Waals surface area (Å²) in [6, 6.07) is 7.90. The Hall–Kier alpha value is -1.37. The molecule has 1 heteroatoms. The minimum absolute atomic E-state index is 0.143. The summed E-state index contributed by atoms with van der Waals surface area (Å²) >= 11 is 0. The van der Waals surface area contributed by atoms with Gasteiger partial charge in [-0.05, 0) is 25.3 Å². The molecule has 1 unspecified atom stereocenters. The van der Waals surface area contributed by atoms with Crippen molar-refractivity contribution in [1.82, 2.24) is 0 Å². The van der Waals surface area contributed by atoms with Gasteiger partial charge in [0.15, 0.2) is 5.78 Å². The smallest absolute Gasteiger partial charge is 0.166 e. The summed E-state index contributed by atoms with van der Waals surface area (Å²) in [5, 5.41) is 0. The first kappa shape index (κ1) is 9.20. The minimum Gasteiger partial charge on any atom is -0.294 e. The fourth-order valence-electron chi connectivity index (χ4n) is 2.10. The normalized spacial score (nSPS) is 19.5. The minimum atomic E-state index is 0.143. The first-order chi connectivity index (χ1) is 6.68. The number of rotatable bonds is 2. The summed E-state index contributed by atoms with van der Waals surface area (Å²) < 4.78 is 0. The van der Waals surface area contributed by atoms with E-state index in [1.807, 2.05) is 31.2 Å². The number of hydrogen-bond acceptors (Lipinski definition) is 1. The number of allylic oxidation sites excluding steroid dienone is 1. The predicted molar refractivity (Wildman–Crippen MR) is 57.4 cm³/mol. The van der Waals surface area contributed by atoms with Gasteiger partial charge in [-0.2, -0.15) is 0 Å². The molecule has 0 spiro atoms. The molecule has 0 aromatic heterocycles. The maximum absolute atomic E-state index is 11.9. The van der Waals surface area contributed by atoms with E-state index >= 15 is 0 Å². The van der Waals surface area contributed by atoms with Gasteiger partial charge in [-0.1, -0.05) is 29.8 Å². The van der Waals surface area contributed by atoms with Gasteiger partial charge in [0.1, 0.15) is 0 Å². The molecule has 0 radical (unpaired) electrons. The largest absolute Gasteiger partial charge is 0.294 e. The lowest BCUT2D eigenvalue weighted by Crippen LogP contribution is -2.08. The Morgan fingerprint density at radius 3 is 2.86 bits per heavy atom. The highest BCUT2D eigenvalue weighted by atomic mass is 16.1. The van der Waals surface area contributed by atoms with Crippen LogP contribution in [-0.4, -0.2) is 5.78 Å². The Morgan fingerprint density at radius 2 is 2.21 bits per heavy atom. The maximum atomic E-state index is 11.9. The number of carbonyl (C=O) groups is 1. The van der Waals surface area contributed by atoms with Crippen LogP contribution >= 0.6 is 0 Å². The van der Waals surface area contributed by atoms with Crippen LogP contribution < -0.4 is 0 Å². The van der Waals surface area contributed by atoms with Crippen molar-refractivity contribution in [1.29, 1.82) is 0 Å². The van der Waals surface area contributed by atoms with E-state index in [1.54, 1.807) is 0 Å². The van der Waals surface area contributed by atoms with Crippen molar-refractivity contribution in [3.63, 3.8) is 0 Å². The average Bonchev–Trinajstić information content (AvgIpc) is 2.44. The Labute approximate surface area is 84.5 Å². The highest BCUT2D eigenvalue weighted by Gasteiger charge is 2.29. The number of hydrogen-bond donors (Lipinski definition) is 0. The second kappa shape index (κ2) is 3.41. The van der Waals surface area contributed by atoms with Gasteiger partial charge in [-0.15, -0.1) is 6.58 Å². The molecule has 0 bridgehead atoms. The Balaban J connectivity index is 2.26. The lowest BCUT2D eigenvalue weighted by molar-refractivity contribution is 0.0936. The number of carbonyl (C=O) groups excluding carboxylic acids is 1. The van der Waals surface area contributed by atoms with Crippen molar-refractivity contribution in [3.8, 4) is 0 Å². The molecule has 1 aromatic carbocycles. The van der Waals surface area contributed by atoms with E-state index < -0.39 is 0 Å². The molecular weight excluding hydrogens is 172 g/mol. The Kier molecular flexibility index (Phi) is 2.24. The predicted octanol–water partition coefficient (Wildman–Crippen LogP) is 3.01. The molecule has 2 rings (SSSR count). The summed E-state index contributed by atoms with van der Waals surface area (Å²) in [4.78, 5) is 11.9. The average molecular weight is 186 g/mol. The van der Waals surface area contributed by atoms with Gasteiger partial charge in [0, 0.05) is 11.5 Å². The Bertz CT molecular complexity index is 390. The monoisotopic (exact) mass is 186 g/mol. The van der Waals surface area contributed by atoms with Crippen LogP contribution in [0.1, 0.15) is 29.3 Å². The van der Waals surface area contributed by atoms with Gasteiger partial charge in [0.25, 0.3) is 0 Å². The molecule has 1 nitrogen and oxygen atoms in total.